The van der Waals surface area contributed by atoms with Gasteiger partial charge < -0.3 is 5.73 Å². The highest BCUT2D eigenvalue weighted by molar-refractivity contribution is 7.92. The smallest absolute Gasteiger partial charge is 0.262 e. The lowest BCUT2D eigenvalue weighted by atomic mass is 10.3. The van der Waals surface area contributed by atoms with Crippen LogP contribution in [0.5, 0.6) is 0 Å². The molecule has 0 amide bonds. The predicted octanol–water partition coefficient (Wildman–Crippen LogP) is 2.86. The first kappa shape index (κ1) is 13.6. The maximum Gasteiger partial charge on any atom is 0.262 e. The van der Waals surface area contributed by atoms with Gasteiger partial charge >= 0.3 is 0 Å². The van der Waals surface area contributed by atoms with Crippen LogP contribution in [-0.4, -0.2) is 8.42 Å². The van der Waals surface area contributed by atoms with E-state index in [-0.39, 0.29) is 15.6 Å². The Labute approximate surface area is 115 Å². The normalized spacial score (nSPS) is 11.3. The average Bonchev–Trinajstić information content (AvgIpc) is 2.34. The fourth-order valence-corrected chi connectivity index (χ4v) is 2.88. The summed E-state index contributed by atoms with van der Waals surface area (Å²) in [6.07, 6.45) is 0. The molecule has 0 aliphatic heterocycles. The molecule has 0 bridgehead atoms. The van der Waals surface area contributed by atoms with Crippen LogP contribution < -0.4 is 10.5 Å². The molecule has 0 heterocycles. The molecule has 2 aromatic carbocycles. The average molecular weight is 301 g/mol. The van der Waals surface area contributed by atoms with Gasteiger partial charge in [-0.05, 0) is 30.3 Å². The lowest BCUT2D eigenvalue weighted by Crippen LogP contribution is -2.14. The van der Waals surface area contributed by atoms with Gasteiger partial charge in [0.1, 0.15) is 11.5 Å². The van der Waals surface area contributed by atoms with Gasteiger partial charge in [-0.15, -0.1) is 0 Å². The van der Waals surface area contributed by atoms with E-state index in [1.807, 2.05) is 0 Å². The summed E-state index contributed by atoms with van der Waals surface area (Å²) in [6, 6.07) is 9.56. The van der Waals surface area contributed by atoms with Crippen LogP contribution in [0.1, 0.15) is 0 Å². The van der Waals surface area contributed by atoms with Crippen molar-refractivity contribution in [2.24, 2.45) is 0 Å². The number of nitrogens with two attached hydrogens (primary N) is 1. The Hall–Kier alpha value is -1.79. The standard InChI is InChI=1S/C12H10ClFN2O2S/c13-10-5-2-6-11(14)12(10)16-19(17,18)9-4-1-3-8(15)7-9/h1-7,16H,15H2. The van der Waals surface area contributed by atoms with Crippen molar-refractivity contribution in [3.8, 4) is 0 Å². The van der Waals surface area contributed by atoms with Gasteiger partial charge in [0.2, 0.25) is 0 Å². The van der Waals surface area contributed by atoms with Crippen molar-refractivity contribution in [3.63, 3.8) is 0 Å². The van der Waals surface area contributed by atoms with E-state index in [4.69, 9.17) is 17.3 Å². The minimum absolute atomic E-state index is 0.0209. The summed E-state index contributed by atoms with van der Waals surface area (Å²) in [4.78, 5) is -0.0631. The monoisotopic (exact) mass is 300 g/mol. The number of nitrogens with one attached hydrogen (secondary N) is 1. The van der Waals surface area contributed by atoms with Crippen LogP contribution in [0.2, 0.25) is 5.02 Å². The minimum atomic E-state index is -3.94. The molecule has 2 rings (SSSR count). The maximum absolute atomic E-state index is 13.5. The van der Waals surface area contributed by atoms with Gasteiger partial charge in [0.05, 0.1) is 9.92 Å². The first-order valence-electron chi connectivity index (χ1n) is 5.22. The Bertz CT molecular complexity index is 699. The molecule has 0 saturated carbocycles. The van der Waals surface area contributed by atoms with Crippen LogP contribution in [0.3, 0.4) is 0 Å². The van der Waals surface area contributed by atoms with Crippen LogP contribution in [-0.2, 0) is 10.0 Å². The molecule has 0 aliphatic carbocycles. The second-order valence-corrected chi connectivity index (χ2v) is 5.86. The molecular weight excluding hydrogens is 291 g/mol. The highest BCUT2D eigenvalue weighted by Crippen LogP contribution is 2.27. The Kier molecular flexibility index (Phi) is 3.64. The second-order valence-electron chi connectivity index (χ2n) is 3.77. The number of para-hydroxylation sites is 1. The fourth-order valence-electron chi connectivity index (χ4n) is 1.47. The highest BCUT2D eigenvalue weighted by atomic mass is 35.5. The molecule has 2 aromatic rings. The molecule has 0 aliphatic rings. The van der Waals surface area contributed by atoms with E-state index in [1.165, 1.54) is 30.3 Å². The summed E-state index contributed by atoms with van der Waals surface area (Å²) in [7, 11) is -3.94. The number of halogens is 2. The lowest BCUT2D eigenvalue weighted by Gasteiger charge is -2.10. The highest BCUT2D eigenvalue weighted by Gasteiger charge is 2.18. The molecule has 7 heteroatoms. The van der Waals surface area contributed by atoms with Crippen LogP contribution in [0, 0.1) is 5.82 Å². The van der Waals surface area contributed by atoms with Crippen LogP contribution >= 0.6 is 11.6 Å². The molecular formula is C12H10ClFN2O2S. The van der Waals surface area contributed by atoms with Crippen molar-refractivity contribution >= 4 is 33.0 Å². The van der Waals surface area contributed by atoms with Gasteiger partial charge in [0.15, 0.2) is 0 Å². The van der Waals surface area contributed by atoms with E-state index in [0.717, 1.165) is 6.07 Å². The second kappa shape index (κ2) is 5.07. The number of anilines is 2. The Morgan fingerprint density at radius 2 is 1.84 bits per heavy atom. The quantitative estimate of drug-likeness (QED) is 0.856. The molecule has 3 N–H and O–H groups in total. The molecule has 0 radical (unpaired) electrons. The van der Waals surface area contributed by atoms with E-state index in [2.05, 4.69) is 4.72 Å². The topological polar surface area (TPSA) is 72.2 Å². The molecule has 4 nitrogen and oxygen atoms in total. The van der Waals surface area contributed by atoms with E-state index in [0.29, 0.717) is 5.69 Å². The third-order valence-corrected chi connectivity index (χ3v) is 4.03. The molecule has 19 heavy (non-hydrogen) atoms. The zero-order chi connectivity index (χ0) is 14.0. The van der Waals surface area contributed by atoms with Crippen molar-refractivity contribution < 1.29 is 12.8 Å². The molecule has 0 spiro atoms. The Morgan fingerprint density at radius 3 is 2.47 bits per heavy atom. The van der Waals surface area contributed by atoms with Crippen molar-refractivity contribution in [1.82, 2.24) is 0 Å². The first-order chi connectivity index (χ1) is 8.90. The number of hydrogen-bond acceptors (Lipinski definition) is 3. The maximum atomic E-state index is 13.5. The van der Waals surface area contributed by atoms with Crippen molar-refractivity contribution in [2.45, 2.75) is 4.90 Å². The third-order valence-electron chi connectivity index (χ3n) is 2.37. The summed E-state index contributed by atoms with van der Waals surface area (Å²) in [5, 5.41) is -0.0209. The van der Waals surface area contributed by atoms with Crippen LogP contribution in [0.4, 0.5) is 15.8 Å². The molecule has 100 valence electrons. The summed E-state index contributed by atoms with van der Waals surface area (Å²) >= 11 is 5.76. The van der Waals surface area contributed by atoms with E-state index in [1.54, 1.807) is 6.07 Å². The van der Waals surface area contributed by atoms with Crippen molar-refractivity contribution in [3.05, 3.63) is 53.3 Å². The number of benzene rings is 2. The number of nitrogen functional groups attached to an aromatic ring is 1. The number of sulfonamides is 1. The number of rotatable bonds is 3. The third kappa shape index (κ3) is 2.97. The van der Waals surface area contributed by atoms with Gasteiger partial charge in [-0.1, -0.05) is 23.7 Å². The van der Waals surface area contributed by atoms with Crippen molar-refractivity contribution in [2.75, 3.05) is 10.5 Å². The Morgan fingerprint density at radius 1 is 1.16 bits per heavy atom. The molecule has 0 atom stereocenters. The fraction of sp³-hybridized carbons (Fsp3) is 0. The van der Waals surface area contributed by atoms with Gasteiger partial charge in [-0.3, -0.25) is 4.72 Å². The van der Waals surface area contributed by atoms with E-state index in [9.17, 15) is 12.8 Å². The summed E-state index contributed by atoms with van der Waals surface area (Å²) < 4.78 is 39.8. The zero-order valence-electron chi connectivity index (χ0n) is 9.60. The summed E-state index contributed by atoms with van der Waals surface area (Å²) in [6.45, 7) is 0. The van der Waals surface area contributed by atoms with E-state index < -0.39 is 15.8 Å². The van der Waals surface area contributed by atoms with Crippen molar-refractivity contribution in [1.29, 1.82) is 0 Å². The largest absolute Gasteiger partial charge is 0.399 e. The van der Waals surface area contributed by atoms with Gasteiger partial charge in [0.25, 0.3) is 10.0 Å². The number of hydrogen-bond donors (Lipinski definition) is 2. The van der Waals surface area contributed by atoms with Gasteiger partial charge in [-0.25, -0.2) is 12.8 Å². The van der Waals surface area contributed by atoms with Crippen LogP contribution in [0.15, 0.2) is 47.4 Å². The SMILES string of the molecule is Nc1cccc(S(=O)(=O)Nc2c(F)cccc2Cl)c1. The van der Waals surface area contributed by atoms with Crippen LogP contribution in [0.25, 0.3) is 0 Å². The minimum Gasteiger partial charge on any atom is -0.399 e. The lowest BCUT2D eigenvalue weighted by molar-refractivity contribution is 0.598. The van der Waals surface area contributed by atoms with E-state index >= 15 is 0 Å². The molecule has 0 fully saturated rings. The molecule has 0 saturated heterocycles. The molecule has 0 aromatic heterocycles. The van der Waals surface area contributed by atoms with Gasteiger partial charge in [-0.2, -0.15) is 0 Å². The molecule has 0 unspecified atom stereocenters. The van der Waals surface area contributed by atoms with Gasteiger partial charge in [0, 0.05) is 5.69 Å². The zero-order valence-corrected chi connectivity index (χ0v) is 11.2. The first-order valence-corrected chi connectivity index (χ1v) is 7.08. The predicted molar refractivity (Wildman–Crippen MR) is 73.1 cm³/mol. The summed E-state index contributed by atoms with van der Waals surface area (Å²) in [5.74, 6) is -0.750. The summed E-state index contributed by atoms with van der Waals surface area (Å²) in [5.41, 5.74) is 5.52. The Balaban J connectivity index is 2.42.